The maximum Gasteiger partial charge on any atom is 0.308 e. The second-order valence-corrected chi connectivity index (χ2v) is 5.19. The molecule has 1 aromatic carbocycles. The van der Waals surface area contributed by atoms with Gasteiger partial charge in [-0.1, -0.05) is 19.9 Å². The van der Waals surface area contributed by atoms with Gasteiger partial charge in [-0.3, -0.25) is 9.59 Å². The fourth-order valence-corrected chi connectivity index (χ4v) is 1.98. The highest BCUT2D eigenvalue weighted by molar-refractivity contribution is 5.95. The molecule has 0 aliphatic rings. The normalized spacial score (nSPS) is 13.3. The quantitative estimate of drug-likeness (QED) is 0.839. The molecule has 1 amide bonds. The highest BCUT2D eigenvalue weighted by atomic mass is 16.5. The topological polar surface area (TPSA) is 66.8 Å². The van der Waals surface area contributed by atoms with Gasteiger partial charge in [-0.25, -0.2) is 0 Å². The third kappa shape index (κ3) is 4.48. The summed E-state index contributed by atoms with van der Waals surface area (Å²) in [6.07, 6.45) is 0.766. The summed E-state index contributed by atoms with van der Waals surface area (Å²) in [5.74, 6) is -1.07. The largest absolute Gasteiger partial charge is 0.497 e. The second kappa shape index (κ2) is 7.67. The molecule has 0 spiro atoms. The molecule has 1 N–H and O–H groups in total. The zero-order valence-electron chi connectivity index (χ0n) is 13.0. The average Bonchev–Trinajstić information content (AvgIpc) is 2.50. The van der Waals surface area contributed by atoms with Crippen molar-refractivity contribution in [3.8, 4) is 5.75 Å². The summed E-state index contributed by atoms with van der Waals surface area (Å²) in [5, 5.41) is 9.06. The van der Waals surface area contributed by atoms with Crippen molar-refractivity contribution in [2.24, 2.45) is 5.92 Å². The van der Waals surface area contributed by atoms with Crippen LogP contribution >= 0.6 is 0 Å². The highest BCUT2D eigenvalue weighted by Gasteiger charge is 2.25. The van der Waals surface area contributed by atoms with Crippen molar-refractivity contribution in [2.75, 3.05) is 13.7 Å². The predicted octanol–water partition coefficient (Wildman–Crippen LogP) is 2.66. The number of carboxylic acid groups (broad SMARTS) is 1. The van der Waals surface area contributed by atoms with Crippen molar-refractivity contribution >= 4 is 11.9 Å². The van der Waals surface area contributed by atoms with E-state index in [1.54, 1.807) is 43.2 Å². The van der Waals surface area contributed by atoms with Gasteiger partial charge in [-0.2, -0.15) is 0 Å². The Morgan fingerprint density at radius 1 is 1.33 bits per heavy atom. The minimum atomic E-state index is -0.901. The SMILES string of the molecule is CCC(C)N(CC(C)C(=O)O)C(=O)c1cccc(OC)c1. The lowest BCUT2D eigenvalue weighted by Crippen LogP contribution is -2.42. The molecule has 0 saturated carbocycles. The first-order valence-corrected chi connectivity index (χ1v) is 7.08. The monoisotopic (exact) mass is 293 g/mol. The number of rotatable bonds is 7. The molecule has 21 heavy (non-hydrogen) atoms. The van der Waals surface area contributed by atoms with E-state index in [0.29, 0.717) is 11.3 Å². The number of methoxy groups -OCH3 is 1. The number of carboxylic acids is 1. The van der Waals surface area contributed by atoms with E-state index in [1.165, 1.54) is 0 Å². The number of amides is 1. The summed E-state index contributed by atoms with van der Waals surface area (Å²) in [6.45, 7) is 5.70. The van der Waals surface area contributed by atoms with Crippen molar-refractivity contribution in [1.29, 1.82) is 0 Å². The van der Waals surface area contributed by atoms with Crippen LogP contribution in [-0.4, -0.2) is 41.6 Å². The summed E-state index contributed by atoms with van der Waals surface area (Å²) in [4.78, 5) is 25.3. The Bertz CT molecular complexity index is 501. The molecule has 2 atom stereocenters. The van der Waals surface area contributed by atoms with Gasteiger partial charge in [0, 0.05) is 18.2 Å². The standard InChI is InChI=1S/C16H23NO4/c1-5-12(3)17(10-11(2)16(19)20)15(18)13-7-6-8-14(9-13)21-4/h6-9,11-12H,5,10H2,1-4H3,(H,19,20). The predicted molar refractivity (Wildman–Crippen MR) is 80.6 cm³/mol. The van der Waals surface area contributed by atoms with Crippen LogP contribution in [0.2, 0.25) is 0 Å². The molecule has 0 radical (unpaired) electrons. The lowest BCUT2D eigenvalue weighted by molar-refractivity contribution is -0.141. The molecule has 5 heteroatoms. The zero-order chi connectivity index (χ0) is 16.0. The molecular formula is C16H23NO4. The average molecular weight is 293 g/mol. The van der Waals surface area contributed by atoms with Crippen LogP contribution in [0.5, 0.6) is 5.75 Å². The summed E-state index contributed by atoms with van der Waals surface area (Å²) in [5.41, 5.74) is 0.507. The van der Waals surface area contributed by atoms with E-state index in [-0.39, 0.29) is 18.5 Å². The Balaban J connectivity index is 3.01. The van der Waals surface area contributed by atoms with E-state index in [1.807, 2.05) is 13.8 Å². The summed E-state index contributed by atoms with van der Waals surface area (Å²) in [7, 11) is 1.54. The van der Waals surface area contributed by atoms with Gasteiger partial charge in [-0.15, -0.1) is 0 Å². The van der Waals surface area contributed by atoms with Crippen LogP contribution in [-0.2, 0) is 4.79 Å². The zero-order valence-corrected chi connectivity index (χ0v) is 13.0. The van der Waals surface area contributed by atoms with Crippen LogP contribution in [0.25, 0.3) is 0 Å². The van der Waals surface area contributed by atoms with E-state index in [2.05, 4.69) is 0 Å². The van der Waals surface area contributed by atoms with E-state index >= 15 is 0 Å². The minimum absolute atomic E-state index is 0.0227. The van der Waals surface area contributed by atoms with Gasteiger partial charge >= 0.3 is 5.97 Å². The Labute approximate surface area is 125 Å². The van der Waals surface area contributed by atoms with Gasteiger partial charge < -0.3 is 14.7 Å². The fourth-order valence-electron chi connectivity index (χ4n) is 1.98. The third-order valence-electron chi connectivity index (χ3n) is 3.59. The Morgan fingerprint density at radius 2 is 2.00 bits per heavy atom. The van der Waals surface area contributed by atoms with E-state index in [9.17, 15) is 9.59 Å². The minimum Gasteiger partial charge on any atom is -0.497 e. The number of hydrogen-bond acceptors (Lipinski definition) is 3. The molecule has 2 unspecified atom stereocenters. The van der Waals surface area contributed by atoms with E-state index in [0.717, 1.165) is 6.42 Å². The Hall–Kier alpha value is -2.04. The number of carbonyl (C=O) groups excluding carboxylic acids is 1. The van der Waals surface area contributed by atoms with Gasteiger partial charge in [0.2, 0.25) is 0 Å². The van der Waals surface area contributed by atoms with Crippen LogP contribution in [0.3, 0.4) is 0 Å². The summed E-state index contributed by atoms with van der Waals surface area (Å²) in [6, 6.07) is 6.88. The van der Waals surface area contributed by atoms with Gasteiger partial charge in [0.25, 0.3) is 5.91 Å². The summed E-state index contributed by atoms with van der Waals surface area (Å²) < 4.78 is 5.13. The summed E-state index contributed by atoms with van der Waals surface area (Å²) >= 11 is 0. The fraction of sp³-hybridized carbons (Fsp3) is 0.500. The molecule has 0 aliphatic carbocycles. The first kappa shape index (κ1) is 17.0. The van der Waals surface area contributed by atoms with Crippen molar-refractivity contribution in [3.05, 3.63) is 29.8 Å². The molecule has 0 saturated heterocycles. The molecule has 0 fully saturated rings. The molecule has 1 rings (SSSR count). The first-order chi connectivity index (χ1) is 9.90. The smallest absolute Gasteiger partial charge is 0.308 e. The van der Waals surface area contributed by atoms with E-state index in [4.69, 9.17) is 9.84 Å². The van der Waals surface area contributed by atoms with Crippen LogP contribution in [0.1, 0.15) is 37.6 Å². The lowest BCUT2D eigenvalue weighted by Gasteiger charge is -2.30. The second-order valence-electron chi connectivity index (χ2n) is 5.19. The number of aliphatic carboxylic acids is 1. The maximum absolute atomic E-state index is 12.6. The Kier molecular flexibility index (Phi) is 6.21. The van der Waals surface area contributed by atoms with Crippen LogP contribution in [0, 0.1) is 5.92 Å². The van der Waals surface area contributed by atoms with Crippen molar-refractivity contribution in [3.63, 3.8) is 0 Å². The van der Waals surface area contributed by atoms with Crippen LogP contribution in [0.4, 0.5) is 0 Å². The number of ether oxygens (including phenoxy) is 1. The molecule has 0 aliphatic heterocycles. The first-order valence-electron chi connectivity index (χ1n) is 7.08. The highest BCUT2D eigenvalue weighted by Crippen LogP contribution is 2.18. The molecule has 0 bridgehead atoms. The van der Waals surface area contributed by atoms with Gasteiger partial charge in [0.05, 0.1) is 13.0 Å². The number of nitrogens with zero attached hydrogens (tertiary/aromatic N) is 1. The molecule has 0 heterocycles. The molecule has 5 nitrogen and oxygen atoms in total. The lowest BCUT2D eigenvalue weighted by atomic mass is 10.1. The molecule has 1 aromatic rings. The Morgan fingerprint density at radius 3 is 2.52 bits per heavy atom. The van der Waals surface area contributed by atoms with Gasteiger partial charge in [0.1, 0.15) is 5.75 Å². The number of hydrogen-bond donors (Lipinski definition) is 1. The van der Waals surface area contributed by atoms with Gasteiger partial charge in [-0.05, 0) is 31.5 Å². The van der Waals surface area contributed by atoms with E-state index < -0.39 is 11.9 Å². The molecular weight excluding hydrogens is 270 g/mol. The van der Waals surface area contributed by atoms with Gasteiger partial charge in [0.15, 0.2) is 0 Å². The van der Waals surface area contributed by atoms with Crippen LogP contribution in [0.15, 0.2) is 24.3 Å². The number of carbonyl (C=O) groups is 2. The number of benzene rings is 1. The molecule has 0 aromatic heterocycles. The van der Waals surface area contributed by atoms with Crippen molar-refractivity contribution in [2.45, 2.75) is 33.2 Å². The van der Waals surface area contributed by atoms with Crippen LogP contribution < -0.4 is 4.74 Å². The maximum atomic E-state index is 12.6. The molecule has 116 valence electrons. The third-order valence-corrected chi connectivity index (χ3v) is 3.59. The van der Waals surface area contributed by atoms with Crippen molar-refractivity contribution < 1.29 is 19.4 Å². The van der Waals surface area contributed by atoms with Crippen molar-refractivity contribution in [1.82, 2.24) is 4.90 Å².